The molecule has 0 aromatic heterocycles. The maximum atomic E-state index is 10.2. The molecule has 0 spiro atoms. The van der Waals surface area contributed by atoms with E-state index in [0.29, 0.717) is 18.4 Å². The maximum absolute atomic E-state index is 10.2. The lowest BCUT2D eigenvalue weighted by atomic mass is 10.0. The Balaban J connectivity index is 3.00. The summed E-state index contributed by atoms with van der Waals surface area (Å²) < 4.78 is 0.790. The number of halogens is 1. The highest BCUT2D eigenvalue weighted by Crippen LogP contribution is 2.20. The largest absolute Gasteiger partial charge is 0.303 e. The van der Waals surface area contributed by atoms with Crippen molar-refractivity contribution >= 4 is 22.2 Å². The van der Waals surface area contributed by atoms with Gasteiger partial charge in [0.2, 0.25) is 0 Å². The molecule has 2 nitrogen and oxygen atoms in total. The number of benzene rings is 1. The summed E-state index contributed by atoms with van der Waals surface area (Å²) >= 11 is 3.29. The van der Waals surface area contributed by atoms with Crippen molar-refractivity contribution in [1.29, 1.82) is 5.26 Å². The zero-order chi connectivity index (χ0) is 9.68. The van der Waals surface area contributed by atoms with Gasteiger partial charge in [-0.2, -0.15) is 5.26 Å². The predicted molar refractivity (Wildman–Crippen MR) is 53.2 cm³/mol. The van der Waals surface area contributed by atoms with Gasteiger partial charge in [0.25, 0.3) is 0 Å². The normalized spacial score (nSPS) is 9.23. The molecule has 0 atom stereocenters. The fourth-order valence-electron chi connectivity index (χ4n) is 1.12. The molecule has 1 aromatic rings. The van der Waals surface area contributed by atoms with Crippen LogP contribution in [-0.2, 0) is 11.2 Å². The molecule has 0 aliphatic rings. The van der Waals surface area contributed by atoms with Crippen LogP contribution in [0.1, 0.15) is 17.5 Å². The zero-order valence-electron chi connectivity index (χ0n) is 6.96. The van der Waals surface area contributed by atoms with E-state index in [1.807, 2.05) is 18.2 Å². The monoisotopic (exact) mass is 237 g/mol. The second-order valence-corrected chi connectivity index (χ2v) is 3.45. The molecule has 0 saturated carbocycles. The third-order valence-electron chi connectivity index (χ3n) is 1.74. The molecule has 0 radical (unpaired) electrons. The van der Waals surface area contributed by atoms with E-state index in [1.165, 1.54) is 0 Å². The van der Waals surface area contributed by atoms with Crippen molar-refractivity contribution in [2.75, 3.05) is 0 Å². The highest BCUT2D eigenvalue weighted by atomic mass is 79.9. The third kappa shape index (κ3) is 2.40. The van der Waals surface area contributed by atoms with Crippen molar-refractivity contribution in [3.05, 3.63) is 33.8 Å². The number of nitrogens with zero attached hydrogens (tertiary/aromatic N) is 1. The van der Waals surface area contributed by atoms with E-state index in [-0.39, 0.29) is 0 Å². The Morgan fingerprint density at radius 3 is 2.92 bits per heavy atom. The molecule has 0 unspecified atom stereocenters. The quantitative estimate of drug-likeness (QED) is 0.759. The van der Waals surface area contributed by atoms with Gasteiger partial charge in [0.05, 0.1) is 5.56 Å². The average molecular weight is 238 g/mol. The van der Waals surface area contributed by atoms with Crippen molar-refractivity contribution in [2.24, 2.45) is 0 Å². The summed E-state index contributed by atoms with van der Waals surface area (Å²) in [5.41, 5.74) is 1.55. The van der Waals surface area contributed by atoms with Gasteiger partial charge in [0.15, 0.2) is 0 Å². The summed E-state index contributed by atoms with van der Waals surface area (Å²) in [6.07, 6.45) is 1.96. The van der Waals surface area contributed by atoms with Gasteiger partial charge in [-0.05, 0) is 34.0 Å². The fourth-order valence-corrected chi connectivity index (χ4v) is 1.61. The molecule has 0 aliphatic carbocycles. The molecule has 1 aromatic carbocycles. The molecule has 0 fully saturated rings. The number of carbonyl (C=O) groups is 1. The van der Waals surface area contributed by atoms with Gasteiger partial charge in [-0.1, -0.05) is 12.1 Å². The minimum atomic E-state index is 0.463. The molecule has 0 aliphatic heterocycles. The van der Waals surface area contributed by atoms with Crippen LogP contribution in [0.15, 0.2) is 22.7 Å². The van der Waals surface area contributed by atoms with Crippen LogP contribution in [0.3, 0.4) is 0 Å². The van der Waals surface area contributed by atoms with Crippen molar-refractivity contribution in [2.45, 2.75) is 12.8 Å². The summed E-state index contributed by atoms with van der Waals surface area (Å²) in [4.78, 5) is 10.2. The Bertz CT molecular complexity index is 354. The first-order valence-electron chi connectivity index (χ1n) is 3.90. The summed E-state index contributed by atoms with van der Waals surface area (Å²) in [5.74, 6) is 0. The first-order chi connectivity index (χ1) is 6.29. The molecule has 1 rings (SSSR count). The Morgan fingerprint density at radius 1 is 1.54 bits per heavy atom. The first-order valence-corrected chi connectivity index (χ1v) is 4.70. The number of rotatable bonds is 3. The molecule has 0 N–H and O–H groups in total. The molecule has 0 heterocycles. The minimum Gasteiger partial charge on any atom is -0.303 e. The fraction of sp³-hybridized carbons (Fsp3) is 0.200. The smallest absolute Gasteiger partial charge is 0.120 e. The lowest BCUT2D eigenvalue weighted by Gasteiger charge is -2.02. The minimum absolute atomic E-state index is 0.463. The topological polar surface area (TPSA) is 40.9 Å². The number of carbonyl (C=O) groups excluding carboxylic acids is 1. The lowest BCUT2D eigenvalue weighted by molar-refractivity contribution is -0.107. The number of hydrogen-bond donors (Lipinski definition) is 0. The predicted octanol–water partition coefficient (Wildman–Crippen LogP) is 2.45. The maximum Gasteiger partial charge on any atom is 0.120 e. The van der Waals surface area contributed by atoms with Crippen LogP contribution in [0.5, 0.6) is 0 Å². The Kier molecular flexibility index (Phi) is 3.66. The molecular weight excluding hydrogens is 230 g/mol. The summed E-state index contributed by atoms with van der Waals surface area (Å²) in [5, 5.41) is 8.83. The molecule has 0 bridgehead atoms. The van der Waals surface area contributed by atoms with Gasteiger partial charge >= 0.3 is 0 Å². The van der Waals surface area contributed by atoms with E-state index >= 15 is 0 Å². The van der Waals surface area contributed by atoms with Gasteiger partial charge in [0.1, 0.15) is 12.4 Å². The van der Waals surface area contributed by atoms with Crippen LogP contribution >= 0.6 is 15.9 Å². The highest BCUT2D eigenvalue weighted by molar-refractivity contribution is 9.10. The van der Waals surface area contributed by atoms with Crippen LogP contribution < -0.4 is 0 Å². The highest BCUT2D eigenvalue weighted by Gasteiger charge is 2.04. The summed E-state index contributed by atoms with van der Waals surface area (Å²) in [7, 11) is 0. The van der Waals surface area contributed by atoms with Gasteiger partial charge in [-0.3, -0.25) is 0 Å². The van der Waals surface area contributed by atoms with Crippen LogP contribution in [0.25, 0.3) is 0 Å². The molecule has 13 heavy (non-hydrogen) atoms. The van der Waals surface area contributed by atoms with E-state index in [9.17, 15) is 4.79 Å². The van der Waals surface area contributed by atoms with Crippen molar-refractivity contribution in [3.63, 3.8) is 0 Å². The standard InChI is InChI=1S/C10H8BrNO/c11-10-5-1-3-8(4-2-6-13)9(10)7-12/h1,3,5-6H,2,4H2. The Hall–Kier alpha value is -1.14. The average Bonchev–Trinajstić information content (AvgIpc) is 2.15. The van der Waals surface area contributed by atoms with Gasteiger partial charge in [-0.25, -0.2) is 0 Å². The SMILES string of the molecule is N#Cc1c(Br)cccc1CCC=O. The van der Waals surface area contributed by atoms with E-state index in [1.54, 1.807) is 0 Å². The number of aryl methyl sites for hydroxylation is 1. The number of nitriles is 1. The molecule has 0 saturated heterocycles. The second-order valence-electron chi connectivity index (χ2n) is 2.59. The van der Waals surface area contributed by atoms with E-state index in [0.717, 1.165) is 16.3 Å². The van der Waals surface area contributed by atoms with Crippen LogP contribution in [0.2, 0.25) is 0 Å². The van der Waals surface area contributed by atoms with Crippen molar-refractivity contribution < 1.29 is 4.79 Å². The second kappa shape index (κ2) is 4.78. The first kappa shape index (κ1) is 9.94. The van der Waals surface area contributed by atoms with Crippen molar-refractivity contribution in [1.82, 2.24) is 0 Å². The van der Waals surface area contributed by atoms with E-state index in [4.69, 9.17) is 5.26 Å². The summed E-state index contributed by atoms with van der Waals surface area (Å²) in [6.45, 7) is 0. The van der Waals surface area contributed by atoms with Crippen LogP contribution in [0.4, 0.5) is 0 Å². The Morgan fingerprint density at radius 2 is 2.31 bits per heavy atom. The molecule has 0 amide bonds. The van der Waals surface area contributed by atoms with E-state index < -0.39 is 0 Å². The van der Waals surface area contributed by atoms with Crippen molar-refractivity contribution in [3.8, 4) is 6.07 Å². The summed E-state index contributed by atoms with van der Waals surface area (Å²) in [6, 6.07) is 7.67. The van der Waals surface area contributed by atoms with Gasteiger partial charge < -0.3 is 4.79 Å². The van der Waals surface area contributed by atoms with Crippen LogP contribution in [-0.4, -0.2) is 6.29 Å². The lowest BCUT2D eigenvalue weighted by Crippen LogP contribution is -1.91. The van der Waals surface area contributed by atoms with Gasteiger partial charge in [-0.15, -0.1) is 0 Å². The third-order valence-corrected chi connectivity index (χ3v) is 2.40. The van der Waals surface area contributed by atoms with Gasteiger partial charge in [0, 0.05) is 10.9 Å². The number of hydrogen-bond acceptors (Lipinski definition) is 2. The molecule has 3 heteroatoms. The molecular formula is C10H8BrNO. The Labute approximate surface area is 85.3 Å². The zero-order valence-corrected chi connectivity index (χ0v) is 8.54. The van der Waals surface area contributed by atoms with Crippen LogP contribution in [0, 0.1) is 11.3 Å². The van der Waals surface area contributed by atoms with E-state index in [2.05, 4.69) is 22.0 Å². The number of aldehydes is 1. The molecule has 66 valence electrons.